The van der Waals surface area contributed by atoms with Gasteiger partial charge in [-0.2, -0.15) is 0 Å². The van der Waals surface area contributed by atoms with Crippen LogP contribution < -0.4 is 10.5 Å². The minimum atomic E-state index is -1.16. The van der Waals surface area contributed by atoms with Crippen molar-refractivity contribution in [2.24, 2.45) is 5.73 Å². The molecule has 102 valence electrons. The van der Waals surface area contributed by atoms with Crippen LogP contribution in [-0.4, -0.2) is 22.0 Å². The standard InChI is InChI=1S/C13H9ClN2O4/c14-10-3-2-8(5-9(10)13(18)19)20-11-4-1-7(6-16-11)12(15)17/h1-6H,(H2,15,17)(H,18,19). The van der Waals surface area contributed by atoms with Gasteiger partial charge in [0, 0.05) is 12.3 Å². The number of benzene rings is 1. The lowest BCUT2D eigenvalue weighted by atomic mass is 10.2. The number of ether oxygens (including phenoxy) is 1. The van der Waals surface area contributed by atoms with E-state index in [4.69, 9.17) is 27.2 Å². The number of nitrogens with two attached hydrogens (primary N) is 1. The summed E-state index contributed by atoms with van der Waals surface area (Å²) in [6.07, 6.45) is 1.27. The van der Waals surface area contributed by atoms with Gasteiger partial charge in [-0.3, -0.25) is 4.79 Å². The first kappa shape index (κ1) is 13.8. The maximum absolute atomic E-state index is 10.9. The van der Waals surface area contributed by atoms with Crippen LogP contribution in [0.2, 0.25) is 5.02 Å². The normalized spacial score (nSPS) is 10.1. The third-order valence-electron chi connectivity index (χ3n) is 2.41. The first-order valence-corrected chi connectivity index (χ1v) is 5.81. The number of nitrogens with zero attached hydrogens (tertiary/aromatic N) is 1. The Balaban J connectivity index is 2.23. The highest BCUT2D eigenvalue weighted by Gasteiger charge is 2.11. The Hall–Kier alpha value is -2.60. The summed E-state index contributed by atoms with van der Waals surface area (Å²) in [6.45, 7) is 0. The third kappa shape index (κ3) is 3.04. The molecule has 0 unspecified atom stereocenters. The number of hydrogen-bond acceptors (Lipinski definition) is 4. The quantitative estimate of drug-likeness (QED) is 0.900. The number of carboxylic acids is 1. The molecule has 1 heterocycles. The summed E-state index contributed by atoms with van der Waals surface area (Å²) in [6, 6.07) is 7.12. The summed E-state index contributed by atoms with van der Waals surface area (Å²) in [4.78, 5) is 25.7. The molecular formula is C13H9ClN2O4. The molecule has 0 fully saturated rings. The molecule has 2 aromatic rings. The van der Waals surface area contributed by atoms with Crippen molar-refractivity contribution in [2.75, 3.05) is 0 Å². The molecule has 6 nitrogen and oxygen atoms in total. The number of primary amides is 1. The minimum absolute atomic E-state index is 0.0714. The molecule has 20 heavy (non-hydrogen) atoms. The molecule has 0 radical (unpaired) electrons. The number of aromatic nitrogens is 1. The molecule has 0 aliphatic carbocycles. The number of hydrogen-bond donors (Lipinski definition) is 2. The van der Waals surface area contributed by atoms with Crippen LogP contribution in [0.15, 0.2) is 36.5 Å². The predicted octanol–water partition coefficient (Wildman–Crippen LogP) is 2.32. The zero-order chi connectivity index (χ0) is 14.7. The maximum atomic E-state index is 10.9. The summed E-state index contributed by atoms with van der Waals surface area (Å²) in [7, 11) is 0. The average Bonchev–Trinajstić information content (AvgIpc) is 2.41. The van der Waals surface area contributed by atoms with E-state index in [0.29, 0.717) is 0 Å². The monoisotopic (exact) mass is 292 g/mol. The van der Waals surface area contributed by atoms with Crippen LogP contribution in [0.5, 0.6) is 11.6 Å². The molecule has 0 bridgehead atoms. The fraction of sp³-hybridized carbons (Fsp3) is 0. The summed E-state index contributed by atoms with van der Waals surface area (Å²) >= 11 is 5.75. The van der Waals surface area contributed by atoms with Crippen LogP contribution in [0.3, 0.4) is 0 Å². The summed E-state index contributed by atoms with van der Waals surface area (Å²) in [5, 5.41) is 9.06. The van der Waals surface area contributed by atoms with Crippen molar-refractivity contribution < 1.29 is 19.4 Å². The van der Waals surface area contributed by atoms with Crippen molar-refractivity contribution in [1.82, 2.24) is 4.98 Å². The van der Waals surface area contributed by atoms with E-state index in [1.54, 1.807) is 0 Å². The van der Waals surface area contributed by atoms with Gasteiger partial charge in [-0.25, -0.2) is 9.78 Å². The second kappa shape index (κ2) is 5.58. The van der Waals surface area contributed by atoms with E-state index < -0.39 is 11.9 Å². The first-order valence-electron chi connectivity index (χ1n) is 5.44. The molecule has 3 N–H and O–H groups in total. The number of carbonyl (C=O) groups is 2. The van der Waals surface area contributed by atoms with Crippen molar-refractivity contribution in [1.29, 1.82) is 0 Å². The van der Waals surface area contributed by atoms with Gasteiger partial charge in [-0.1, -0.05) is 11.6 Å². The van der Waals surface area contributed by atoms with Crippen molar-refractivity contribution in [3.63, 3.8) is 0 Å². The third-order valence-corrected chi connectivity index (χ3v) is 2.74. The fourth-order valence-corrected chi connectivity index (χ4v) is 1.64. The Bertz CT molecular complexity index is 671. The lowest BCUT2D eigenvalue weighted by Crippen LogP contribution is -2.10. The molecule has 0 saturated heterocycles. The van der Waals surface area contributed by atoms with Gasteiger partial charge in [-0.15, -0.1) is 0 Å². The fourth-order valence-electron chi connectivity index (χ4n) is 1.44. The molecule has 1 amide bonds. The van der Waals surface area contributed by atoms with Gasteiger partial charge in [0.05, 0.1) is 16.1 Å². The number of pyridine rings is 1. The molecule has 2 rings (SSSR count). The zero-order valence-corrected chi connectivity index (χ0v) is 10.8. The second-order valence-corrected chi connectivity index (χ2v) is 4.21. The Morgan fingerprint density at radius 3 is 2.55 bits per heavy atom. The topological polar surface area (TPSA) is 103 Å². The van der Waals surface area contributed by atoms with Crippen LogP contribution in [0.25, 0.3) is 0 Å². The number of aromatic carboxylic acids is 1. The zero-order valence-electron chi connectivity index (χ0n) is 10.0. The van der Waals surface area contributed by atoms with Crippen molar-refractivity contribution in [3.8, 4) is 11.6 Å². The molecule has 1 aromatic heterocycles. The van der Waals surface area contributed by atoms with Crippen LogP contribution in [-0.2, 0) is 0 Å². The Morgan fingerprint density at radius 2 is 2.00 bits per heavy atom. The van der Waals surface area contributed by atoms with Crippen LogP contribution >= 0.6 is 11.6 Å². The van der Waals surface area contributed by atoms with Crippen molar-refractivity contribution in [3.05, 3.63) is 52.7 Å². The van der Waals surface area contributed by atoms with Gasteiger partial charge in [0.2, 0.25) is 11.8 Å². The smallest absolute Gasteiger partial charge is 0.337 e. The average molecular weight is 293 g/mol. The van der Waals surface area contributed by atoms with E-state index in [2.05, 4.69) is 4.98 Å². The summed E-state index contributed by atoms with van der Waals surface area (Å²) in [5.74, 6) is -1.28. The number of rotatable bonds is 4. The van der Waals surface area contributed by atoms with E-state index in [-0.39, 0.29) is 27.8 Å². The number of halogens is 1. The Kier molecular flexibility index (Phi) is 3.86. The van der Waals surface area contributed by atoms with Gasteiger partial charge in [-0.05, 0) is 24.3 Å². The summed E-state index contributed by atoms with van der Waals surface area (Å²) < 4.78 is 5.37. The molecule has 0 aliphatic rings. The SMILES string of the molecule is NC(=O)c1ccc(Oc2ccc(Cl)c(C(=O)O)c2)nc1. The molecule has 1 aromatic carbocycles. The first-order chi connectivity index (χ1) is 9.47. The minimum Gasteiger partial charge on any atom is -0.478 e. The highest BCUT2D eigenvalue weighted by molar-refractivity contribution is 6.33. The molecule has 0 aliphatic heterocycles. The van der Waals surface area contributed by atoms with E-state index in [1.807, 2.05) is 0 Å². The molecule has 7 heteroatoms. The lowest BCUT2D eigenvalue weighted by molar-refractivity contribution is 0.0696. The van der Waals surface area contributed by atoms with Crippen molar-refractivity contribution in [2.45, 2.75) is 0 Å². The number of carbonyl (C=O) groups excluding carboxylic acids is 1. The van der Waals surface area contributed by atoms with Gasteiger partial charge in [0.1, 0.15) is 5.75 Å². The van der Waals surface area contributed by atoms with Crippen LogP contribution in [0, 0.1) is 0 Å². The van der Waals surface area contributed by atoms with Gasteiger partial charge >= 0.3 is 5.97 Å². The van der Waals surface area contributed by atoms with Gasteiger partial charge in [0.25, 0.3) is 0 Å². The van der Waals surface area contributed by atoms with Gasteiger partial charge in [0.15, 0.2) is 0 Å². The van der Waals surface area contributed by atoms with Crippen molar-refractivity contribution >= 4 is 23.5 Å². The van der Waals surface area contributed by atoms with E-state index in [9.17, 15) is 9.59 Å². The lowest BCUT2D eigenvalue weighted by Gasteiger charge is -2.06. The summed E-state index contributed by atoms with van der Waals surface area (Å²) in [5.41, 5.74) is 5.26. The van der Waals surface area contributed by atoms with Gasteiger partial charge < -0.3 is 15.6 Å². The van der Waals surface area contributed by atoms with E-state index in [0.717, 1.165) is 0 Å². The van der Waals surface area contributed by atoms with E-state index in [1.165, 1.54) is 36.5 Å². The largest absolute Gasteiger partial charge is 0.478 e. The predicted molar refractivity (Wildman–Crippen MR) is 71.2 cm³/mol. The number of amides is 1. The molecule has 0 saturated carbocycles. The molecule has 0 atom stereocenters. The van der Waals surface area contributed by atoms with E-state index >= 15 is 0 Å². The van der Waals surface area contributed by atoms with Crippen LogP contribution in [0.1, 0.15) is 20.7 Å². The molecular weight excluding hydrogens is 284 g/mol. The highest BCUT2D eigenvalue weighted by atomic mass is 35.5. The number of carboxylic acid groups (broad SMARTS) is 1. The highest BCUT2D eigenvalue weighted by Crippen LogP contribution is 2.25. The second-order valence-electron chi connectivity index (χ2n) is 3.80. The van der Waals surface area contributed by atoms with Crippen LogP contribution in [0.4, 0.5) is 0 Å². The Labute approximate surface area is 118 Å². The maximum Gasteiger partial charge on any atom is 0.337 e. The molecule has 0 spiro atoms. The Morgan fingerprint density at radius 1 is 1.25 bits per heavy atom.